The zero-order valence-corrected chi connectivity index (χ0v) is 18.1. The Morgan fingerprint density at radius 2 is 2.10 bits per heavy atom. The number of rotatable bonds is 8. The molecule has 30 heavy (non-hydrogen) atoms. The van der Waals surface area contributed by atoms with Gasteiger partial charge in [0, 0.05) is 24.7 Å². The summed E-state index contributed by atoms with van der Waals surface area (Å²) in [6.45, 7) is 6.01. The predicted molar refractivity (Wildman–Crippen MR) is 112 cm³/mol. The number of nitrogens with two attached hydrogens (primary N) is 1. The first-order valence-electron chi connectivity index (χ1n) is 10.1. The molecule has 1 spiro atoms. The number of aromatic nitrogens is 3. The van der Waals surface area contributed by atoms with Gasteiger partial charge in [-0.1, -0.05) is 19.8 Å². The molecule has 2 aromatic heterocycles. The minimum Gasteiger partial charge on any atom is -0.394 e. The van der Waals surface area contributed by atoms with E-state index in [1.165, 1.54) is 16.6 Å². The first kappa shape index (κ1) is 21.2. The van der Waals surface area contributed by atoms with Crippen molar-refractivity contribution in [2.45, 2.75) is 43.5 Å². The zero-order valence-electron chi connectivity index (χ0n) is 17.3. The van der Waals surface area contributed by atoms with E-state index in [4.69, 9.17) is 10.5 Å². The predicted octanol–water partition coefficient (Wildman–Crippen LogP) is 0.981. The lowest BCUT2D eigenvalue weighted by Gasteiger charge is -2.53. The SMILES string of the molecule is CCCC[C@](C)(CO)Nc1nc(N)nc2cc(S(=O)(=O)N3CC4(COC4)C3)cnc12. The molecule has 164 valence electrons. The average Bonchev–Trinajstić information content (AvgIpc) is 2.63. The van der Waals surface area contributed by atoms with Crippen LogP contribution in [0, 0.1) is 5.41 Å². The second-order valence-corrected chi connectivity index (χ2v) is 10.6. The van der Waals surface area contributed by atoms with Gasteiger partial charge in [0.1, 0.15) is 10.4 Å². The van der Waals surface area contributed by atoms with Gasteiger partial charge in [-0.2, -0.15) is 9.29 Å². The molecule has 0 aromatic carbocycles. The fraction of sp³-hybridized carbons (Fsp3) is 0.632. The molecule has 0 bridgehead atoms. The highest BCUT2D eigenvalue weighted by Gasteiger charge is 2.53. The summed E-state index contributed by atoms with van der Waals surface area (Å²) in [5.41, 5.74) is 6.00. The van der Waals surface area contributed by atoms with Gasteiger partial charge in [0.15, 0.2) is 5.82 Å². The van der Waals surface area contributed by atoms with Crippen molar-refractivity contribution in [3.05, 3.63) is 12.3 Å². The number of hydrogen-bond acceptors (Lipinski definition) is 9. The third-order valence-electron chi connectivity index (χ3n) is 5.86. The molecule has 2 aliphatic rings. The lowest BCUT2D eigenvalue weighted by Crippen LogP contribution is -2.66. The number of nitrogens with zero attached hydrogens (tertiary/aromatic N) is 4. The molecule has 2 saturated heterocycles. The molecule has 2 aliphatic heterocycles. The smallest absolute Gasteiger partial charge is 0.244 e. The van der Waals surface area contributed by atoms with Crippen LogP contribution in [0.1, 0.15) is 33.1 Å². The molecule has 4 N–H and O–H groups in total. The van der Waals surface area contributed by atoms with Crippen LogP contribution in [-0.2, 0) is 14.8 Å². The number of anilines is 2. The number of aliphatic hydroxyl groups excluding tert-OH is 1. The number of pyridine rings is 1. The second kappa shape index (κ2) is 7.56. The highest BCUT2D eigenvalue weighted by atomic mass is 32.2. The molecule has 10 nitrogen and oxygen atoms in total. The van der Waals surface area contributed by atoms with Crippen molar-refractivity contribution < 1.29 is 18.3 Å². The Morgan fingerprint density at radius 3 is 2.70 bits per heavy atom. The van der Waals surface area contributed by atoms with Crippen LogP contribution in [0.3, 0.4) is 0 Å². The Kier molecular flexibility index (Phi) is 5.33. The van der Waals surface area contributed by atoms with Crippen molar-refractivity contribution in [2.75, 3.05) is 44.0 Å². The van der Waals surface area contributed by atoms with Crippen LogP contribution in [0.2, 0.25) is 0 Å². The largest absolute Gasteiger partial charge is 0.394 e. The molecule has 4 heterocycles. The van der Waals surface area contributed by atoms with Crippen LogP contribution in [0.5, 0.6) is 0 Å². The van der Waals surface area contributed by atoms with Crippen LogP contribution in [0.25, 0.3) is 11.0 Å². The number of unbranched alkanes of at least 4 members (excludes halogenated alkanes) is 1. The number of sulfonamides is 1. The molecule has 0 amide bonds. The average molecular weight is 437 g/mol. The van der Waals surface area contributed by atoms with Gasteiger partial charge in [0.25, 0.3) is 0 Å². The van der Waals surface area contributed by atoms with Crippen LogP contribution >= 0.6 is 0 Å². The van der Waals surface area contributed by atoms with Gasteiger partial charge in [0.2, 0.25) is 16.0 Å². The molecule has 2 fully saturated rings. The third-order valence-corrected chi connectivity index (χ3v) is 7.61. The third kappa shape index (κ3) is 3.70. The summed E-state index contributed by atoms with van der Waals surface area (Å²) in [6, 6.07) is 1.48. The summed E-state index contributed by atoms with van der Waals surface area (Å²) in [5, 5.41) is 13.1. The summed E-state index contributed by atoms with van der Waals surface area (Å²) in [7, 11) is -3.66. The van der Waals surface area contributed by atoms with E-state index in [0.29, 0.717) is 43.2 Å². The summed E-state index contributed by atoms with van der Waals surface area (Å²) >= 11 is 0. The van der Waals surface area contributed by atoms with Crippen LogP contribution < -0.4 is 11.1 Å². The van der Waals surface area contributed by atoms with Crippen LogP contribution in [0.15, 0.2) is 17.2 Å². The molecule has 1 atom stereocenters. The quantitative estimate of drug-likeness (QED) is 0.551. The maximum absolute atomic E-state index is 13.0. The molecule has 4 rings (SSSR count). The first-order valence-corrected chi connectivity index (χ1v) is 11.5. The summed E-state index contributed by atoms with van der Waals surface area (Å²) < 4.78 is 32.6. The van der Waals surface area contributed by atoms with E-state index in [1.807, 2.05) is 6.92 Å². The summed E-state index contributed by atoms with van der Waals surface area (Å²) in [5.74, 6) is 0.385. The van der Waals surface area contributed by atoms with Gasteiger partial charge in [-0.05, 0) is 19.4 Å². The van der Waals surface area contributed by atoms with E-state index in [9.17, 15) is 13.5 Å². The number of nitrogens with one attached hydrogen (secondary N) is 1. The number of hydrogen-bond donors (Lipinski definition) is 3. The molecule has 0 radical (unpaired) electrons. The van der Waals surface area contributed by atoms with Gasteiger partial charge in [-0.15, -0.1) is 0 Å². The molecule has 0 unspecified atom stereocenters. The zero-order chi connectivity index (χ0) is 21.6. The number of fused-ring (bicyclic) bond motifs is 1. The van der Waals surface area contributed by atoms with E-state index >= 15 is 0 Å². The van der Waals surface area contributed by atoms with Gasteiger partial charge in [-0.25, -0.2) is 18.4 Å². The standard InChI is InChI=1S/C19H28N6O4S/c1-3-4-5-18(2,10-26)24-16-15-14(22-17(20)23-16)6-13(7-21-15)30(27,28)25-8-19(9-25)11-29-12-19/h6-7,26H,3-5,8-12H2,1-2H3,(H3,20,22,23,24)/t18-/m1/s1. The van der Waals surface area contributed by atoms with Crippen molar-refractivity contribution in [3.8, 4) is 0 Å². The summed E-state index contributed by atoms with van der Waals surface area (Å²) in [4.78, 5) is 12.8. The molecular weight excluding hydrogens is 408 g/mol. The van der Waals surface area contributed by atoms with Crippen molar-refractivity contribution in [2.24, 2.45) is 5.41 Å². The van der Waals surface area contributed by atoms with Crippen LogP contribution in [0.4, 0.5) is 11.8 Å². The Hall–Kier alpha value is -2.08. The van der Waals surface area contributed by atoms with E-state index in [0.717, 1.165) is 19.3 Å². The Morgan fingerprint density at radius 1 is 1.37 bits per heavy atom. The Labute approximate surface area is 175 Å². The van der Waals surface area contributed by atoms with E-state index < -0.39 is 15.6 Å². The minimum absolute atomic E-state index is 0.00616. The number of nitrogen functional groups attached to an aromatic ring is 1. The Balaban J connectivity index is 1.64. The lowest BCUT2D eigenvalue weighted by molar-refractivity contribution is -0.166. The molecular formula is C19H28N6O4S. The molecule has 0 aliphatic carbocycles. The maximum Gasteiger partial charge on any atom is 0.244 e. The Bertz CT molecular complexity index is 1050. The van der Waals surface area contributed by atoms with Gasteiger partial charge in [0.05, 0.1) is 30.9 Å². The second-order valence-electron chi connectivity index (χ2n) is 8.68. The van der Waals surface area contributed by atoms with E-state index in [1.54, 1.807) is 0 Å². The topological polar surface area (TPSA) is 144 Å². The van der Waals surface area contributed by atoms with Gasteiger partial charge in [-0.3, -0.25) is 0 Å². The van der Waals surface area contributed by atoms with Crippen LogP contribution in [-0.4, -0.2) is 71.2 Å². The van der Waals surface area contributed by atoms with Crippen molar-refractivity contribution in [1.29, 1.82) is 0 Å². The fourth-order valence-corrected chi connectivity index (χ4v) is 5.51. The number of ether oxygens (including phenoxy) is 1. The van der Waals surface area contributed by atoms with Gasteiger partial charge >= 0.3 is 0 Å². The normalized spacial score (nSPS) is 20.5. The highest BCUT2D eigenvalue weighted by Crippen LogP contribution is 2.40. The summed E-state index contributed by atoms with van der Waals surface area (Å²) in [6.07, 6.45) is 3.99. The minimum atomic E-state index is -3.66. The lowest BCUT2D eigenvalue weighted by atomic mass is 9.80. The maximum atomic E-state index is 13.0. The fourth-order valence-electron chi connectivity index (χ4n) is 3.87. The van der Waals surface area contributed by atoms with Crippen molar-refractivity contribution >= 4 is 32.8 Å². The van der Waals surface area contributed by atoms with E-state index in [2.05, 4.69) is 27.2 Å². The first-order chi connectivity index (χ1) is 14.2. The van der Waals surface area contributed by atoms with Crippen molar-refractivity contribution in [3.63, 3.8) is 0 Å². The highest BCUT2D eigenvalue weighted by molar-refractivity contribution is 7.89. The van der Waals surface area contributed by atoms with Crippen molar-refractivity contribution in [1.82, 2.24) is 19.3 Å². The van der Waals surface area contributed by atoms with E-state index in [-0.39, 0.29) is 22.9 Å². The molecule has 11 heteroatoms. The number of aliphatic hydroxyl groups is 1. The van der Waals surface area contributed by atoms with Gasteiger partial charge < -0.3 is 20.9 Å². The monoisotopic (exact) mass is 436 g/mol. The molecule has 0 saturated carbocycles. The molecule has 2 aromatic rings.